The van der Waals surface area contributed by atoms with E-state index in [1.807, 2.05) is 54.6 Å². The summed E-state index contributed by atoms with van der Waals surface area (Å²) in [5.41, 5.74) is 8.93. The molecular weight excluding hydrogens is 505 g/mol. The van der Waals surface area contributed by atoms with Crippen molar-refractivity contribution in [3.63, 3.8) is 0 Å². The van der Waals surface area contributed by atoms with Crippen LogP contribution in [0.25, 0.3) is 11.1 Å². The summed E-state index contributed by atoms with van der Waals surface area (Å²) >= 11 is 1.07. The Bertz CT molecular complexity index is 1400. The molecule has 0 saturated heterocycles. The van der Waals surface area contributed by atoms with E-state index >= 15 is 0 Å². The Kier molecular flexibility index (Phi) is 7.94. The molecule has 0 aliphatic carbocycles. The van der Waals surface area contributed by atoms with Gasteiger partial charge in [0.25, 0.3) is 0 Å². The van der Waals surface area contributed by atoms with Gasteiger partial charge in [0.2, 0.25) is 10.0 Å². The molecule has 0 spiro atoms. The molecule has 3 aromatic carbocycles. The zero-order valence-electron chi connectivity index (χ0n) is 19.2. The Morgan fingerprint density at radius 3 is 2.25 bits per heavy atom. The third kappa shape index (κ3) is 6.61. The Hall–Kier alpha value is -2.98. The normalized spacial score (nSPS) is 13.0. The van der Waals surface area contributed by atoms with E-state index in [1.54, 1.807) is 12.1 Å². The molecule has 36 heavy (non-hydrogen) atoms. The third-order valence-corrected chi connectivity index (χ3v) is 8.79. The van der Waals surface area contributed by atoms with E-state index in [9.17, 15) is 21.6 Å². The molecule has 0 fully saturated rings. The quantitative estimate of drug-likeness (QED) is 0.271. The average Bonchev–Trinajstić information content (AvgIpc) is 3.34. The zero-order valence-corrected chi connectivity index (χ0v) is 20.8. The highest BCUT2D eigenvalue weighted by molar-refractivity contribution is 7.91. The second kappa shape index (κ2) is 11.0. The van der Waals surface area contributed by atoms with E-state index in [-0.39, 0.29) is 17.2 Å². The molecular formula is C27H25F3N2O2S2. The first kappa shape index (κ1) is 26.1. The lowest BCUT2D eigenvalue weighted by molar-refractivity contribution is -0.137. The largest absolute Gasteiger partial charge is 0.416 e. The van der Waals surface area contributed by atoms with Crippen LogP contribution in [0, 0.1) is 0 Å². The topological polar surface area (TPSA) is 72.2 Å². The first-order valence-electron chi connectivity index (χ1n) is 11.3. The second-order valence-corrected chi connectivity index (χ2v) is 11.5. The van der Waals surface area contributed by atoms with E-state index in [0.29, 0.717) is 16.9 Å². The van der Waals surface area contributed by atoms with Crippen molar-refractivity contribution in [1.82, 2.24) is 4.72 Å². The summed E-state index contributed by atoms with van der Waals surface area (Å²) in [4.78, 5) is 0.678. The molecule has 0 radical (unpaired) electrons. The fraction of sp³-hybridized carbons (Fsp3) is 0.185. The molecule has 0 bridgehead atoms. The molecule has 0 aliphatic rings. The first-order valence-corrected chi connectivity index (χ1v) is 13.6. The third-order valence-electron chi connectivity index (χ3n) is 5.73. The van der Waals surface area contributed by atoms with Crippen molar-refractivity contribution in [2.75, 3.05) is 6.54 Å². The molecule has 3 N–H and O–H groups in total. The van der Waals surface area contributed by atoms with E-state index in [0.717, 1.165) is 40.2 Å². The number of hydrogen-bond donors (Lipinski definition) is 2. The maximum absolute atomic E-state index is 13.0. The maximum Gasteiger partial charge on any atom is 0.416 e. The predicted molar refractivity (Wildman–Crippen MR) is 137 cm³/mol. The van der Waals surface area contributed by atoms with Crippen LogP contribution >= 0.6 is 11.3 Å². The van der Waals surface area contributed by atoms with Gasteiger partial charge >= 0.3 is 6.18 Å². The Morgan fingerprint density at radius 2 is 1.56 bits per heavy atom. The highest BCUT2D eigenvalue weighted by atomic mass is 32.2. The van der Waals surface area contributed by atoms with Gasteiger partial charge in [0, 0.05) is 23.9 Å². The van der Waals surface area contributed by atoms with Crippen molar-refractivity contribution in [1.29, 1.82) is 0 Å². The lowest BCUT2D eigenvalue weighted by Gasteiger charge is -2.14. The van der Waals surface area contributed by atoms with Gasteiger partial charge in [-0.05, 0) is 52.9 Å². The number of sulfonamides is 1. The summed E-state index contributed by atoms with van der Waals surface area (Å²) in [5.74, 6) is 0. The van der Waals surface area contributed by atoms with Crippen LogP contribution in [-0.4, -0.2) is 15.0 Å². The van der Waals surface area contributed by atoms with Crippen LogP contribution in [-0.2, 0) is 29.0 Å². The van der Waals surface area contributed by atoms with Crippen molar-refractivity contribution < 1.29 is 21.6 Å². The van der Waals surface area contributed by atoms with Crippen molar-refractivity contribution >= 4 is 21.4 Å². The Morgan fingerprint density at radius 1 is 0.861 bits per heavy atom. The van der Waals surface area contributed by atoms with Crippen LogP contribution in [0.15, 0.2) is 95.2 Å². The number of halogens is 3. The molecule has 0 aliphatic heterocycles. The molecule has 4 aromatic rings. The molecule has 0 amide bonds. The van der Waals surface area contributed by atoms with Crippen LogP contribution in [0.3, 0.4) is 0 Å². The van der Waals surface area contributed by atoms with Crippen molar-refractivity contribution in [3.05, 3.63) is 113 Å². The zero-order chi connectivity index (χ0) is 25.8. The van der Waals surface area contributed by atoms with E-state index in [1.165, 1.54) is 12.1 Å². The summed E-state index contributed by atoms with van der Waals surface area (Å²) in [7, 11) is -3.71. The molecule has 4 rings (SSSR count). The van der Waals surface area contributed by atoms with Gasteiger partial charge in [-0.2, -0.15) is 13.2 Å². The molecule has 1 aromatic heterocycles. The van der Waals surface area contributed by atoms with Gasteiger partial charge in [0.1, 0.15) is 4.21 Å². The fourth-order valence-electron chi connectivity index (χ4n) is 3.79. The van der Waals surface area contributed by atoms with Crippen LogP contribution in [0.5, 0.6) is 0 Å². The smallest absolute Gasteiger partial charge is 0.324 e. The molecule has 4 nitrogen and oxygen atoms in total. The molecule has 1 heterocycles. The Labute approximate surface area is 212 Å². The number of benzene rings is 3. The van der Waals surface area contributed by atoms with Crippen LogP contribution in [0.4, 0.5) is 13.2 Å². The highest BCUT2D eigenvalue weighted by Crippen LogP contribution is 2.32. The second-order valence-electron chi connectivity index (χ2n) is 8.37. The Balaban J connectivity index is 1.33. The number of hydrogen-bond acceptors (Lipinski definition) is 4. The number of nitrogens with one attached hydrogen (secondary N) is 1. The van der Waals surface area contributed by atoms with Crippen molar-refractivity contribution in [2.24, 2.45) is 5.73 Å². The number of nitrogens with two attached hydrogens (primary N) is 1. The van der Waals surface area contributed by atoms with Crippen molar-refractivity contribution in [2.45, 2.75) is 29.3 Å². The molecule has 1 atom stereocenters. The van der Waals surface area contributed by atoms with E-state index in [4.69, 9.17) is 5.73 Å². The van der Waals surface area contributed by atoms with Gasteiger partial charge in [-0.25, -0.2) is 13.1 Å². The summed E-state index contributed by atoms with van der Waals surface area (Å²) in [6.07, 6.45) is -3.68. The maximum atomic E-state index is 13.0. The van der Waals surface area contributed by atoms with Crippen LogP contribution < -0.4 is 10.5 Å². The van der Waals surface area contributed by atoms with Crippen LogP contribution in [0.2, 0.25) is 0 Å². The highest BCUT2D eigenvalue weighted by Gasteiger charge is 2.30. The van der Waals surface area contributed by atoms with Crippen molar-refractivity contribution in [3.8, 4) is 11.1 Å². The predicted octanol–water partition coefficient (Wildman–Crippen LogP) is 6.20. The number of rotatable bonds is 9. The summed E-state index contributed by atoms with van der Waals surface area (Å²) in [5, 5.41) is 0. The average molecular weight is 531 g/mol. The van der Waals surface area contributed by atoms with E-state index in [2.05, 4.69) is 4.72 Å². The molecule has 9 heteroatoms. The fourth-order valence-corrected chi connectivity index (χ4v) is 6.28. The van der Waals surface area contributed by atoms with Gasteiger partial charge < -0.3 is 5.73 Å². The monoisotopic (exact) mass is 530 g/mol. The lowest BCUT2D eigenvalue weighted by atomic mass is 10.0. The first-order chi connectivity index (χ1) is 17.1. The number of thiophene rings is 1. The summed E-state index contributed by atoms with van der Waals surface area (Å²) in [6, 6.07) is 25.3. The minimum Gasteiger partial charge on any atom is -0.324 e. The number of alkyl halides is 3. The molecule has 0 saturated carbocycles. The van der Waals surface area contributed by atoms with Gasteiger partial charge in [0.15, 0.2) is 0 Å². The lowest BCUT2D eigenvalue weighted by Crippen LogP contribution is -2.25. The van der Waals surface area contributed by atoms with E-state index < -0.39 is 27.8 Å². The van der Waals surface area contributed by atoms with Gasteiger partial charge in [-0.1, -0.05) is 66.7 Å². The van der Waals surface area contributed by atoms with Gasteiger partial charge in [-0.3, -0.25) is 0 Å². The SMILES string of the molecule is NC(Cc1ccc(S(=O)(=O)NCCc2ccc(-c3ccccc3)cc2)s1)c1cccc(C(F)(F)F)c1. The summed E-state index contributed by atoms with van der Waals surface area (Å²) < 4.78 is 67.2. The minimum atomic E-state index is -4.45. The minimum absolute atomic E-state index is 0.146. The summed E-state index contributed by atoms with van der Waals surface area (Å²) in [6.45, 7) is 0.240. The standard InChI is InChI=1S/C27H25F3N2O2S2/c28-27(29,30)23-8-4-7-22(17-23)25(31)18-24-13-14-26(35-24)36(33,34)32-16-15-19-9-11-21(12-10-19)20-5-2-1-3-6-20/h1-14,17,25,32H,15-16,18,31H2. The van der Waals surface area contributed by atoms with Crippen LogP contribution in [0.1, 0.15) is 27.6 Å². The van der Waals surface area contributed by atoms with Gasteiger partial charge in [0.05, 0.1) is 5.56 Å². The van der Waals surface area contributed by atoms with Gasteiger partial charge in [-0.15, -0.1) is 11.3 Å². The molecule has 1 unspecified atom stereocenters. The molecule has 188 valence electrons.